The molecule has 5 heteroatoms. The first-order valence-electron chi connectivity index (χ1n) is 3.83. The number of hydrogen-bond acceptors (Lipinski definition) is 3. The third kappa shape index (κ3) is 1.35. The highest BCUT2D eigenvalue weighted by molar-refractivity contribution is 5.57. The van der Waals surface area contributed by atoms with Gasteiger partial charge in [-0.1, -0.05) is 0 Å². The molecule has 0 spiro atoms. The Hall–Kier alpha value is -1.91. The molecule has 0 aliphatic heterocycles. The van der Waals surface area contributed by atoms with Crippen molar-refractivity contribution >= 4 is 0 Å². The zero-order valence-corrected chi connectivity index (χ0v) is 7.03. The summed E-state index contributed by atoms with van der Waals surface area (Å²) in [6.45, 7) is 1.93. The third-order valence-corrected chi connectivity index (χ3v) is 1.80. The molecule has 0 unspecified atom stereocenters. The molecule has 0 aliphatic rings. The van der Waals surface area contributed by atoms with Crippen LogP contribution in [0, 0.1) is 6.92 Å². The van der Waals surface area contributed by atoms with E-state index in [0.717, 1.165) is 11.1 Å². The lowest BCUT2D eigenvalue weighted by Crippen LogP contribution is -2.00. The van der Waals surface area contributed by atoms with Crippen molar-refractivity contribution < 1.29 is 0 Å². The molecule has 2 aromatic rings. The van der Waals surface area contributed by atoms with Crippen molar-refractivity contribution in [3.8, 4) is 11.4 Å². The van der Waals surface area contributed by atoms with Crippen LogP contribution in [0.3, 0.4) is 0 Å². The predicted octanol–water partition coefficient (Wildman–Crippen LogP) is 0.468. The summed E-state index contributed by atoms with van der Waals surface area (Å²) in [6.07, 6.45) is 3.37. The molecule has 0 atom stereocenters. The van der Waals surface area contributed by atoms with Gasteiger partial charge in [-0.05, 0) is 18.6 Å². The second kappa shape index (κ2) is 2.85. The molecule has 0 saturated heterocycles. The van der Waals surface area contributed by atoms with Crippen molar-refractivity contribution in [2.45, 2.75) is 6.92 Å². The van der Waals surface area contributed by atoms with Crippen LogP contribution in [0.2, 0.25) is 0 Å². The summed E-state index contributed by atoms with van der Waals surface area (Å²) in [6, 6.07) is 1.86. The standard InChI is InChI=1S/C8H8N4O/c1-5-2-3-9-4-6(5)7-10-8(13)12-11-7/h2-4H,1H3,(H2,10,11,12,13). The fraction of sp³-hybridized carbons (Fsp3) is 0.125. The van der Waals surface area contributed by atoms with E-state index in [0.29, 0.717) is 5.82 Å². The molecular weight excluding hydrogens is 168 g/mol. The van der Waals surface area contributed by atoms with Crippen LogP contribution in [0.1, 0.15) is 5.56 Å². The van der Waals surface area contributed by atoms with Gasteiger partial charge in [0.05, 0.1) is 0 Å². The van der Waals surface area contributed by atoms with Crippen LogP contribution in [-0.2, 0) is 0 Å². The summed E-state index contributed by atoms with van der Waals surface area (Å²) in [5.41, 5.74) is 1.55. The average molecular weight is 176 g/mol. The van der Waals surface area contributed by atoms with E-state index in [1.165, 1.54) is 0 Å². The van der Waals surface area contributed by atoms with Crippen LogP contribution < -0.4 is 5.69 Å². The number of pyridine rings is 1. The molecule has 0 bridgehead atoms. The van der Waals surface area contributed by atoms with Crippen LogP contribution in [0.25, 0.3) is 11.4 Å². The SMILES string of the molecule is Cc1ccncc1-c1n[nH]c(=O)[nH]1. The van der Waals surface area contributed by atoms with E-state index < -0.39 is 0 Å². The van der Waals surface area contributed by atoms with Gasteiger partial charge in [0.15, 0.2) is 5.82 Å². The van der Waals surface area contributed by atoms with Gasteiger partial charge in [-0.15, -0.1) is 0 Å². The first kappa shape index (κ1) is 7.72. The fourth-order valence-electron chi connectivity index (χ4n) is 1.11. The predicted molar refractivity (Wildman–Crippen MR) is 47.2 cm³/mol. The highest BCUT2D eigenvalue weighted by Crippen LogP contribution is 2.15. The average Bonchev–Trinajstić information content (AvgIpc) is 2.53. The first-order chi connectivity index (χ1) is 6.27. The molecule has 0 aliphatic carbocycles. The molecule has 5 nitrogen and oxygen atoms in total. The van der Waals surface area contributed by atoms with E-state index in [9.17, 15) is 4.79 Å². The molecule has 0 radical (unpaired) electrons. The Labute approximate surface area is 73.9 Å². The Morgan fingerprint density at radius 3 is 2.92 bits per heavy atom. The van der Waals surface area contributed by atoms with E-state index >= 15 is 0 Å². The quantitative estimate of drug-likeness (QED) is 0.663. The molecule has 13 heavy (non-hydrogen) atoms. The van der Waals surface area contributed by atoms with E-state index in [1.807, 2.05) is 13.0 Å². The minimum atomic E-state index is -0.307. The minimum absolute atomic E-state index is 0.307. The number of nitrogens with zero attached hydrogens (tertiary/aromatic N) is 2. The second-order valence-corrected chi connectivity index (χ2v) is 2.72. The third-order valence-electron chi connectivity index (χ3n) is 1.80. The van der Waals surface area contributed by atoms with Gasteiger partial charge < -0.3 is 0 Å². The molecule has 2 heterocycles. The number of hydrogen-bond donors (Lipinski definition) is 2. The van der Waals surface area contributed by atoms with Gasteiger partial charge >= 0.3 is 5.69 Å². The molecule has 0 amide bonds. The van der Waals surface area contributed by atoms with Crippen molar-refractivity contribution in [3.05, 3.63) is 34.5 Å². The summed E-state index contributed by atoms with van der Waals surface area (Å²) < 4.78 is 0. The zero-order chi connectivity index (χ0) is 9.26. The fourth-order valence-corrected chi connectivity index (χ4v) is 1.11. The lowest BCUT2D eigenvalue weighted by Gasteiger charge is -1.98. The smallest absolute Gasteiger partial charge is 0.289 e. The van der Waals surface area contributed by atoms with Crippen molar-refractivity contribution in [2.24, 2.45) is 0 Å². The molecule has 2 rings (SSSR count). The van der Waals surface area contributed by atoms with Crippen LogP contribution >= 0.6 is 0 Å². The van der Waals surface area contributed by atoms with E-state index in [-0.39, 0.29) is 5.69 Å². The van der Waals surface area contributed by atoms with Crippen LogP contribution in [0.5, 0.6) is 0 Å². The number of H-pyrrole nitrogens is 2. The highest BCUT2D eigenvalue weighted by atomic mass is 16.1. The normalized spacial score (nSPS) is 10.2. The molecule has 2 N–H and O–H groups in total. The Balaban J connectivity index is 2.58. The van der Waals surface area contributed by atoms with E-state index in [2.05, 4.69) is 20.2 Å². The van der Waals surface area contributed by atoms with Gasteiger partial charge in [0.2, 0.25) is 0 Å². The Kier molecular flexibility index (Phi) is 1.70. The van der Waals surface area contributed by atoms with Gasteiger partial charge in [0.1, 0.15) is 0 Å². The Bertz CT molecular complexity index is 471. The van der Waals surface area contributed by atoms with E-state index in [1.54, 1.807) is 12.4 Å². The lowest BCUT2D eigenvalue weighted by atomic mass is 10.1. The first-order valence-corrected chi connectivity index (χ1v) is 3.83. The van der Waals surface area contributed by atoms with Crippen molar-refractivity contribution in [2.75, 3.05) is 0 Å². The summed E-state index contributed by atoms with van der Waals surface area (Å²) in [5.74, 6) is 0.524. The molecule has 66 valence electrons. The highest BCUT2D eigenvalue weighted by Gasteiger charge is 2.04. The topological polar surface area (TPSA) is 74.4 Å². The zero-order valence-electron chi connectivity index (χ0n) is 7.03. The van der Waals surface area contributed by atoms with Crippen molar-refractivity contribution in [1.29, 1.82) is 0 Å². The maximum absolute atomic E-state index is 10.8. The Morgan fingerprint density at radius 2 is 2.31 bits per heavy atom. The van der Waals surface area contributed by atoms with Crippen LogP contribution in [0.15, 0.2) is 23.3 Å². The van der Waals surface area contributed by atoms with Gasteiger partial charge in [0.25, 0.3) is 0 Å². The number of aromatic amines is 2. The maximum atomic E-state index is 10.8. The van der Waals surface area contributed by atoms with Crippen molar-refractivity contribution in [3.63, 3.8) is 0 Å². The summed E-state index contributed by atoms with van der Waals surface area (Å²) >= 11 is 0. The second-order valence-electron chi connectivity index (χ2n) is 2.72. The molecule has 0 saturated carbocycles. The van der Waals surface area contributed by atoms with Crippen molar-refractivity contribution in [1.82, 2.24) is 20.2 Å². The largest absolute Gasteiger partial charge is 0.340 e. The number of aryl methyl sites for hydroxylation is 1. The van der Waals surface area contributed by atoms with Gasteiger partial charge in [-0.25, -0.2) is 9.89 Å². The molecule has 2 aromatic heterocycles. The van der Waals surface area contributed by atoms with Crippen LogP contribution in [-0.4, -0.2) is 20.2 Å². The van der Waals surface area contributed by atoms with Crippen LogP contribution in [0.4, 0.5) is 0 Å². The Morgan fingerprint density at radius 1 is 1.46 bits per heavy atom. The maximum Gasteiger partial charge on any atom is 0.340 e. The van der Waals surface area contributed by atoms with E-state index in [4.69, 9.17) is 0 Å². The molecular formula is C8H8N4O. The van der Waals surface area contributed by atoms with Gasteiger partial charge in [0, 0.05) is 18.0 Å². The monoisotopic (exact) mass is 176 g/mol. The number of aromatic nitrogens is 4. The molecule has 0 aromatic carbocycles. The van der Waals surface area contributed by atoms with Gasteiger partial charge in [-0.3, -0.25) is 9.97 Å². The number of rotatable bonds is 1. The number of nitrogens with one attached hydrogen (secondary N) is 2. The molecule has 0 fully saturated rings. The summed E-state index contributed by atoms with van der Waals surface area (Å²) in [5, 5.41) is 6.12. The summed E-state index contributed by atoms with van der Waals surface area (Å²) in [7, 11) is 0. The minimum Gasteiger partial charge on any atom is -0.289 e. The van der Waals surface area contributed by atoms with Gasteiger partial charge in [-0.2, -0.15) is 5.10 Å². The lowest BCUT2D eigenvalue weighted by molar-refractivity contribution is 1.05. The summed E-state index contributed by atoms with van der Waals surface area (Å²) in [4.78, 5) is 17.3.